The van der Waals surface area contributed by atoms with Gasteiger partial charge in [-0.1, -0.05) is 140 Å². The molecule has 7 aliphatic rings. The third kappa shape index (κ3) is 5.46. The van der Waals surface area contributed by atoms with E-state index in [1.807, 2.05) is 0 Å². The molecule has 3 aromatic rings. The zero-order valence-corrected chi connectivity index (χ0v) is 29.8. The van der Waals surface area contributed by atoms with Crippen LogP contribution in [0.5, 0.6) is 0 Å². The van der Waals surface area contributed by atoms with Crippen LogP contribution in [0.4, 0.5) is 11.4 Å². The summed E-state index contributed by atoms with van der Waals surface area (Å²) >= 11 is 0. The molecule has 10 rings (SSSR count). The van der Waals surface area contributed by atoms with Crippen LogP contribution in [0, 0.1) is 5.92 Å². The van der Waals surface area contributed by atoms with E-state index >= 15 is 0 Å². The third-order valence-electron chi connectivity index (χ3n) is 12.3. The summed E-state index contributed by atoms with van der Waals surface area (Å²) in [5.74, 6) is 0.652. The lowest BCUT2D eigenvalue weighted by Crippen LogP contribution is -2.35. The molecule has 0 bridgehead atoms. The van der Waals surface area contributed by atoms with Crippen molar-refractivity contribution in [1.82, 2.24) is 0 Å². The van der Waals surface area contributed by atoms with Crippen LogP contribution in [-0.4, -0.2) is 6.04 Å². The molecule has 0 saturated carbocycles. The van der Waals surface area contributed by atoms with Gasteiger partial charge in [-0.25, -0.2) is 0 Å². The second-order valence-electron chi connectivity index (χ2n) is 15.2. The van der Waals surface area contributed by atoms with Crippen LogP contribution in [0.15, 0.2) is 180 Å². The maximum Gasteiger partial charge on any atom is 0.0560 e. The molecule has 0 amide bonds. The molecule has 0 heterocycles. The molecule has 52 heavy (non-hydrogen) atoms. The van der Waals surface area contributed by atoms with Crippen LogP contribution in [0.1, 0.15) is 67.6 Å². The Kier molecular flexibility index (Phi) is 8.01. The molecular formula is C51H45N. The van der Waals surface area contributed by atoms with E-state index in [1.54, 1.807) is 11.1 Å². The van der Waals surface area contributed by atoms with E-state index in [1.165, 1.54) is 66.4 Å². The number of anilines is 2. The van der Waals surface area contributed by atoms with E-state index in [-0.39, 0.29) is 6.04 Å². The van der Waals surface area contributed by atoms with Crippen LogP contribution in [0.25, 0.3) is 17.2 Å². The van der Waals surface area contributed by atoms with Gasteiger partial charge in [0.15, 0.2) is 0 Å². The van der Waals surface area contributed by atoms with Crippen LogP contribution in [0.3, 0.4) is 0 Å². The average Bonchev–Trinajstić information content (AvgIpc) is 3.61. The molecule has 0 aromatic heterocycles. The lowest BCUT2D eigenvalue weighted by atomic mass is 9.75. The Labute approximate surface area is 308 Å². The van der Waals surface area contributed by atoms with Crippen molar-refractivity contribution < 1.29 is 0 Å². The summed E-state index contributed by atoms with van der Waals surface area (Å²) in [6, 6.07) is 25.7. The van der Waals surface area contributed by atoms with E-state index < -0.39 is 0 Å². The lowest BCUT2D eigenvalue weighted by molar-refractivity contribution is 0.740. The minimum Gasteiger partial charge on any atom is -0.334 e. The normalized spacial score (nSPS) is 23.8. The largest absolute Gasteiger partial charge is 0.334 e. The van der Waals surface area contributed by atoms with Crippen molar-refractivity contribution in [1.29, 1.82) is 0 Å². The van der Waals surface area contributed by atoms with Crippen LogP contribution >= 0.6 is 0 Å². The molecule has 0 N–H and O–H groups in total. The minimum absolute atomic E-state index is 0.220. The van der Waals surface area contributed by atoms with Gasteiger partial charge in [0.05, 0.1) is 6.04 Å². The summed E-state index contributed by atoms with van der Waals surface area (Å²) < 4.78 is 0. The maximum absolute atomic E-state index is 2.65. The first kappa shape index (κ1) is 31.3. The standard InChI is InChI=1S/C51H45N/c1-2-13-35(14-3-1)43-18-8-9-19-44(43)36-25-29-41(30-26-36)52(50-24-12-17-40-33-38-15-5-7-21-46(38)51(40)50)42-31-27-37(28-32-42)49-34-39-16-4-6-20-45(39)47-22-10-11-23-48(47)49/h1-2,4-6,9-13,15-17,19-20,22-29,31-32,34,41,48-49H,3,7-8,14,18,21,30,33H2. The molecule has 7 aliphatic carbocycles. The predicted octanol–water partition coefficient (Wildman–Crippen LogP) is 11.1. The van der Waals surface area contributed by atoms with Gasteiger partial charge < -0.3 is 4.90 Å². The van der Waals surface area contributed by atoms with Gasteiger partial charge in [-0.05, 0) is 130 Å². The van der Waals surface area contributed by atoms with E-state index in [9.17, 15) is 0 Å². The van der Waals surface area contributed by atoms with Crippen LogP contribution in [0.2, 0.25) is 0 Å². The van der Waals surface area contributed by atoms with E-state index in [0.29, 0.717) is 11.8 Å². The average molecular weight is 672 g/mol. The number of allylic oxidation sites excluding steroid dienone is 18. The van der Waals surface area contributed by atoms with Crippen LogP contribution < -0.4 is 15.3 Å². The zero-order valence-electron chi connectivity index (χ0n) is 29.8. The van der Waals surface area contributed by atoms with E-state index in [2.05, 4.69) is 163 Å². The highest BCUT2D eigenvalue weighted by Crippen LogP contribution is 2.47. The Morgan fingerprint density at radius 2 is 1.52 bits per heavy atom. The summed E-state index contributed by atoms with van der Waals surface area (Å²) in [5.41, 5.74) is 17.3. The fraction of sp³-hybridized carbons (Fsp3) is 0.216. The summed E-state index contributed by atoms with van der Waals surface area (Å²) in [6.45, 7) is 0. The third-order valence-corrected chi connectivity index (χ3v) is 12.3. The van der Waals surface area contributed by atoms with Crippen molar-refractivity contribution in [3.8, 4) is 0 Å². The van der Waals surface area contributed by atoms with Gasteiger partial charge in [0.1, 0.15) is 0 Å². The fourth-order valence-corrected chi connectivity index (χ4v) is 9.79. The van der Waals surface area contributed by atoms with Gasteiger partial charge >= 0.3 is 0 Å². The van der Waals surface area contributed by atoms with Gasteiger partial charge in [0.25, 0.3) is 0 Å². The molecular weight excluding hydrogens is 627 g/mol. The molecule has 3 aromatic carbocycles. The van der Waals surface area contributed by atoms with Gasteiger partial charge in [-0.3, -0.25) is 0 Å². The molecule has 3 unspecified atom stereocenters. The Morgan fingerprint density at radius 3 is 2.38 bits per heavy atom. The van der Waals surface area contributed by atoms with Crippen molar-refractivity contribution in [2.24, 2.45) is 5.92 Å². The molecule has 0 radical (unpaired) electrons. The molecule has 1 nitrogen and oxygen atoms in total. The molecule has 3 atom stereocenters. The van der Waals surface area contributed by atoms with E-state index in [0.717, 1.165) is 51.4 Å². The second-order valence-corrected chi connectivity index (χ2v) is 15.2. The molecule has 0 aliphatic heterocycles. The highest BCUT2D eigenvalue weighted by Gasteiger charge is 2.31. The molecule has 0 saturated heterocycles. The maximum atomic E-state index is 2.65. The van der Waals surface area contributed by atoms with Crippen molar-refractivity contribution >= 4 is 28.6 Å². The fourth-order valence-electron chi connectivity index (χ4n) is 9.79. The minimum atomic E-state index is 0.220. The van der Waals surface area contributed by atoms with Crippen LogP contribution in [-0.2, 0) is 6.42 Å². The SMILES string of the molecule is C1=CCCC(C2=C(C3=CCC(N(c4ccc(C5C=c6ccccc6=C6C=CC=CC65)cc4)c4cccc5c4C4=C(C=CCC4)C5)C=C3)C=CCC2)=C1. The van der Waals surface area contributed by atoms with Crippen molar-refractivity contribution in [2.45, 2.75) is 63.3 Å². The number of hydrogen-bond acceptors (Lipinski definition) is 1. The van der Waals surface area contributed by atoms with E-state index in [4.69, 9.17) is 0 Å². The zero-order chi connectivity index (χ0) is 34.4. The molecule has 0 spiro atoms. The van der Waals surface area contributed by atoms with Gasteiger partial charge in [0, 0.05) is 28.8 Å². The Bertz CT molecular complexity index is 2410. The molecule has 0 fully saturated rings. The molecule has 254 valence electrons. The summed E-state index contributed by atoms with van der Waals surface area (Å²) in [6.07, 6.45) is 44.3. The Balaban J connectivity index is 1.04. The summed E-state index contributed by atoms with van der Waals surface area (Å²) in [4.78, 5) is 2.65. The number of fused-ring (bicyclic) bond motifs is 4. The Morgan fingerprint density at radius 1 is 0.654 bits per heavy atom. The smallest absolute Gasteiger partial charge is 0.0560 e. The predicted molar refractivity (Wildman–Crippen MR) is 220 cm³/mol. The lowest BCUT2D eigenvalue weighted by Gasteiger charge is -2.36. The highest BCUT2D eigenvalue weighted by atomic mass is 15.2. The number of hydrogen-bond donors (Lipinski definition) is 0. The summed E-state index contributed by atoms with van der Waals surface area (Å²) in [7, 11) is 0. The monoisotopic (exact) mass is 671 g/mol. The topological polar surface area (TPSA) is 3.24 Å². The second kappa shape index (κ2) is 13.3. The summed E-state index contributed by atoms with van der Waals surface area (Å²) in [5, 5.41) is 2.71. The molecule has 1 heteroatoms. The number of rotatable bonds is 6. The van der Waals surface area contributed by atoms with Gasteiger partial charge in [0.2, 0.25) is 0 Å². The van der Waals surface area contributed by atoms with Crippen molar-refractivity contribution in [3.63, 3.8) is 0 Å². The van der Waals surface area contributed by atoms with Crippen molar-refractivity contribution in [2.75, 3.05) is 4.90 Å². The van der Waals surface area contributed by atoms with Crippen molar-refractivity contribution in [3.05, 3.63) is 207 Å². The van der Waals surface area contributed by atoms with Gasteiger partial charge in [-0.15, -0.1) is 0 Å². The highest BCUT2D eigenvalue weighted by molar-refractivity contribution is 5.89. The first-order valence-corrected chi connectivity index (χ1v) is 19.5. The van der Waals surface area contributed by atoms with Gasteiger partial charge in [-0.2, -0.15) is 0 Å². The Hall–Kier alpha value is -5.40. The first-order chi connectivity index (χ1) is 25.8. The first-order valence-electron chi connectivity index (χ1n) is 19.5. The quantitative estimate of drug-likeness (QED) is 0.252. The number of benzene rings is 3. The number of nitrogens with zero attached hydrogens (tertiary/aromatic N) is 1.